The summed E-state index contributed by atoms with van der Waals surface area (Å²) in [6.45, 7) is 6.81. The molecule has 112 valence electrons. The van der Waals surface area contributed by atoms with E-state index < -0.39 is 0 Å². The molecule has 2 rings (SSSR count). The molecule has 2 unspecified atom stereocenters. The molecule has 0 saturated carbocycles. The van der Waals surface area contributed by atoms with Gasteiger partial charge in [-0.15, -0.1) is 12.4 Å². The summed E-state index contributed by atoms with van der Waals surface area (Å²) in [5, 5.41) is 0. The lowest BCUT2D eigenvalue weighted by Crippen LogP contribution is -2.53. The third-order valence-corrected chi connectivity index (χ3v) is 4.38. The molecule has 0 bridgehead atoms. The predicted molar refractivity (Wildman–Crippen MR) is 80.5 cm³/mol. The zero-order chi connectivity index (χ0) is 13.1. The van der Waals surface area contributed by atoms with E-state index in [1.807, 2.05) is 0 Å². The highest BCUT2D eigenvalue weighted by Crippen LogP contribution is 2.23. The first kappa shape index (κ1) is 16.7. The molecule has 0 spiro atoms. The van der Waals surface area contributed by atoms with Gasteiger partial charge in [-0.05, 0) is 52.5 Å². The number of nitrogens with two attached hydrogens (primary N) is 1. The maximum absolute atomic E-state index is 12.4. The molecular weight excluding hydrogens is 262 g/mol. The Bertz CT molecular complexity index is 290. The fourth-order valence-corrected chi connectivity index (χ4v) is 3.42. The summed E-state index contributed by atoms with van der Waals surface area (Å²) in [5.74, 6) is 0.295. The SMILES string of the molecule is CC1CCCC(C)N1C(=O)CN1CCC[C@@H](N)C1.Cl. The van der Waals surface area contributed by atoms with Crippen LogP contribution in [-0.2, 0) is 4.79 Å². The van der Waals surface area contributed by atoms with Crippen molar-refractivity contribution in [2.45, 2.75) is 64.1 Å². The Kier molecular flexibility index (Phi) is 6.57. The molecule has 0 aromatic carbocycles. The van der Waals surface area contributed by atoms with Gasteiger partial charge in [-0.3, -0.25) is 9.69 Å². The van der Waals surface area contributed by atoms with Crippen molar-refractivity contribution in [3.8, 4) is 0 Å². The van der Waals surface area contributed by atoms with Gasteiger partial charge in [-0.1, -0.05) is 0 Å². The molecule has 2 heterocycles. The van der Waals surface area contributed by atoms with E-state index in [4.69, 9.17) is 5.73 Å². The Balaban J connectivity index is 0.00000180. The highest BCUT2D eigenvalue weighted by Gasteiger charge is 2.30. The predicted octanol–water partition coefficient (Wildman–Crippen LogP) is 1.62. The van der Waals surface area contributed by atoms with Crippen LogP contribution in [0.1, 0.15) is 46.0 Å². The van der Waals surface area contributed by atoms with Gasteiger partial charge in [0.05, 0.1) is 6.54 Å². The van der Waals surface area contributed by atoms with Crippen LogP contribution < -0.4 is 5.73 Å². The highest BCUT2D eigenvalue weighted by molar-refractivity contribution is 5.85. The van der Waals surface area contributed by atoms with Crippen molar-refractivity contribution in [3.05, 3.63) is 0 Å². The van der Waals surface area contributed by atoms with Crippen molar-refractivity contribution < 1.29 is 4.79 Å². The van der Waals surface area contributed by atoms with Gasteiger partial charge in [0, 0.05) is 24.7 Å². The lowest BCUT2D eigenvalue weighted by Gasteiger charge is -2.41. The van der Waals surface area contributed by atoms with Gasteiger partial charge < -0.3 is 10.6 Å². The largest absolute Gasteiger partial charge is 0.336 e. The van der Waals surface area contributed by atoms with E-state index in [9.17, 15) is 4.79 Å². The van der Waals surface area contributed by atoms with Crippen LogP contribution in [-0.4, -0.2) is 53.5 Å². The van der Waals surface area contributed by atoms with E-state index in [0.717, 1.165) is 38.8 Å². The Morgan fingerprint density at radius 2 is 1.79 bits per heavy atom. The van der Waals surface area contributed by atoms with Crippen LogP contribution in [0.25, 0.3) is 0 Å². The van der Waals surface area contributed by atoms with Crippen LogP contribution in [0.2, 0.25) is 0 Å². The molecular formula is C14H28ClN3O. The van der Waals surface area contributed by atoms with Gasteiger partial charge in [-0.2, -0.15) is 0 Å². The minimum atomic E-state index is 0. The van der Waals surface area contributed by atoms with Crippen molar-refractivity contribution in [1.29, 1.82) is 0 Å². The second kappa shape index (κ2) is 7.46. The van der Waals surface area contributed by atoms with E-state index >= 15 is 0 Å². The van der Waals surface area contributed by atoms with Crippen molar-refractivity contribution in [3.63, 3.8) is 0 Å². The Labute approximate surface area is 123 Å². The number of nitrogens with zero attached hydrogens (tertiary/aromatic N) is 2. The van der Waals surface area contributed by atoms with Crippen LogP contribution in [0, 0.1) is 0 Å². The monoisotopic (exact) mass is 289 g/mol. The second-order valence-electron chi connectivity index (χ2n) is 6.07. The number of amides is 1. The molecule has 2 aliphatic heterocycles. The second-order valence-corrected chi connectivity index (χ2v) is 6.07. The van der Waals surface area contributed by atoms with Gasteiger partial charge in [0.25, 0.3) is 0 Å². The Morgan fingerprint density at radius 1 is 1.16 bits per heavy atom. The van der Waals surface area contributed by atoms with E-state index in [2.05, 4.69) is 23.6 Å². The molecule has 0 aliphatic carbocycles. The lowest BCUT2D eigenvalue weighted by molar-refractivity contribution is -0.138. The minimum absolute atomic E-state index is 0. The summed E-state index contributed by atoms with van der Waals surface area (Å²) in [6, 6.07) is 1.06. The highest BCUT2D eigenvalue weighted by atomic mass is 35.5. The van der Waals surface area contributed by atoms with Crippen LogP contribution >= 0.6 is 12.4 Å². The maximum Gasteiger partial charge on any atom is 0.237 e. The van der Waals surface area contributed by atoms with Crippen LogP contribution in [0.5, 0.6) is 0 Å². The van der Waals surface area contributed by atoms with E-state index in [1.54, 1.807) is 0 Å². The molecule has 1 amide bonds. The number of piperidine rings is 2. The average Bonchev–Trinajstić information content (AvgIpc) is 2.28. The summed E-state index contributed by atoms with van der Waals surface area (Å²) in [7, 11) is 0. The van der Waals surface area contributed by atoms with Gasteiger partial charge in [0.2, 0.25) is 5.91 Å². The summed E-state index contributed by atoms with van der Waals surface area (Å²) < 4.78 is 0. The zero-order valence-electron chi connectivity index (χ0n) is 12.2. The number of carbonyl (C=O) groups excluding carboxylic acids is 1. The smallest absolute Gasteiger partial charge is 0.237 e. The molecule has 2 N–H and O–H groups in total. The third-order valence-electron chi connectivity index (χ3n) is 4.38. The van der Waals surface area contributed by atoms with Crippen molar-refractivity contribution >= 4 is 18.3 Å². The minimum Gasteiger partial charge on any atom is -0.336 e. The van der Waals surface area contributed by atoms with Gasteiger partial charge >= 0.3 is 0 Å². The molecule has 2 fully saturated rings. The number of carbonyl (C=O) groups is 1. The summed E-state index contributed by atoms with van der Waals surface area (Å²) >= 11 is 0. The maximum atomic E-state index is 12.4. The summed E-state index contributed by atoms with van der Waals surface area (Å²) in [4.78, 5) is 16.8. The fraction of sp³-hybridized carbons (Fsp3) is 0.929. The third kappa shape index (κ3) is 4.33. The van der Waals surface area contributed by atoms with Gasteiger partial charge in [0.15, 0.2) is 0 Å². The molecule has 2 aliphatic rings. The van der Waals surface area contributed by atoms with E-state index in [1.165, 1.54) is 6.42 Å². The quantitative estimate of drug-likeness (QED) is 0.840. The molecule has 0 radical (unpaired) electrons. The molecule has 0 aromatic heterocycles. The molecule has 2 saturated heterocycles. The lowest BCUT2D eigenvalue weighted by atomic mass is 9.97. The topological polar surface area (TPSA) is 49.6 Å². The van der Waals surface area contributed by atoms with Crippen LogP contribution in [0.3, 0.4) is 0 Å². The molecule has 0 aromatic rings. The molecule has 4 nitrogen and oxygen atoms in total. The fourth-order valence-electron chi connectivity index (χ4n) is 3.42. The first-order valence-electron chi connectivity index (χ1n) is 7.37. The molecule has 5 heteroatoms. The van der Waals surface area contributed by atoms with E-state index in [-0.39, 0.29) is 18.4 Å². The number of hydrogen-bond acceptors (Lipinski definition) is 3. The number of hydrogen-bond donors (Lipinski definition) is 1. The number of halogens is 1. The van der Waals surface area contributed by atoms with Crippen molar-refractivity contribution in [1.82, 2.24) is 9.80 Å². The van der Waals surface area contributed by atoms with Gasteiger partial charge in [0.1, 0.15) is 0 Å². The normalized spacial score (nSPS) is 32.8. The van der Waals surface area contributed by atoms with Crippen molar-refractivity contribution in [2.75, 3.05) is 19.6 Å². The first-order chi connectivity index (χ1) is 8.58. The van der Waals surface area contributed by atoms with E-state index in [0.29, 0.717) is 24.5 Å². The summed E-state index contributed by atoms with van der Waals surface area (Å²) in [6.07, 6.45) is 5.77. The zero-order valence-corrected chi connectivity index (χ0v) is 13.0. The average molecular weight is 290 g/mol. The molecule has 3 atom stereocenters. The van der Waals surface area contributed by atoms with Crippen LogP contribution in [0.4, 0.5) is 0 Å². The summed E-state index contributed by atoms with van der Waals surface area (Å²) in [5.41, 5.74) is 5.97. The Hall–Kier alpha value is -0.320. The number of rotatable bonds is 2. The molecule has 19 heavy (non-hydrogen) atoms. The first-order valence-corrected chi connectivity index (χ1v) is 7.37. The van der Waals surface area contributed by atoms with Gasteiger partial charge in [-0.25, -0.2) is 0 Å². The standard InChI is InChI=1S/C14H27N3O.ClH/c1-11-5-3-6-12(2)17(11)14(18)10-16-8-4-7-13(15)9-16;/h11-13H,3-10,15H2,1-2H3;1H/t11?,12?,13-;/m1./s1. The Morgan fingerprint density at radius 3 is 2.37 bits per heavy atom. The van der Waals surface area contributed by atoms with Crippen LogP contribution in [0.15, 0.2) is 0 Å². The van der Waals surface area contributed by atoms with Crippen molar-refractivity contribution in [2.24, 2.45) is 5.73 Å². The number of likely N-dealkylation sites (tertiary alicyclic amines) is 2.